The molecule has 3 N–H and O–H groups in total. The van der Waals surface area contributed by atoms with Gasteiger partial charge in [-0.15, -0.1) is 5.53 Å². The molecule has 0 fully saturated rings. The van der Waals surface area contributed by atoms with Crippen LogP contribution in [0.1, 0.15) is 44.4 Å². The van der Waals surface area contributed by atoms with Crippen LogP contribution in [0.3, 0.4) is 0 Å². The van der Waals surface area contributed by atoms with Gasteiger partial charge in [-0.2, -0.15) is 13.2 Å². The second kappa shape index (κ2) is 7.95. The van der Waals surface area contributed by atoms with Crippen molar-refractivity contribution in [2.75, 3.05) is 13.1 Å². The molecule has 0 spiro atoms. The Labute approximate surface area is 171 Å². The van der Waals surface area contributed by atoms with Gasteiger partial charge in [0, 0.05) is 13.0 Å². The van der Waals surface area contributed by atoms with Gasteiger partial charge < -0.3 is 20.2 Å². The van der Waals surface area contributed by atoms with E-state index in [-0.39, 0.29) is 18.7 Å². The molecule has 7 nitrogen and oxygen atoms in total. The van der Waals surface area contributed by atoms with Gasteiger partial charge in [-0.3, -0.25) is 5.01 Å². The van der Waals surface area contributed by atoms with Crippen molar-refractivity contribution in [3.05, 3.63) is 46.5 Å². The summed E-state index contributed by atoms with van der Waals surface area (Å²) in [4.78, 5) is 13.8. The molecule has 1 amide bonds. The average Bonchev–Trinajstić information content (AvgIpc) is 3.02. The molecule has 0 saturated heterocycles. The molecule has 0 radical (unpaired) electrons. The highest BCUT2D eigenvalue weighted by Crippen LogP contribution is 2.35. The van der Waals surface area contributed by atoms with Gasteiger partial charge in [-0.25, -0.2) is 9.18 Å². The molecule has 1 unspecified atom stereocenters. The van der Waals surface area contributed by atoms with Crippen molar-refractivity contribution in [1.82, 2.24) is 20.9 Å². The zero-order chi connectivity index (χ0) is 22.3. The highest BCUT2D eigenvalue weighted by molar-refractivity contribution is 5.69. The highest BCUT2D eigenvalue weighted by atomic mass is 19.4. The Bertz CT molecular complexity index is 851. The molecule has 0 aromatic heterocycles. The lowest BCUT2D eigenvalue weighted by Gasteiger charge is -2.31. The molecule has 2 heterocycles. The first-order valence-corrected chi connectivity index (χ1v) is 9.37. The fraction of sp³-hybridized carbons (Fsp3) is 0.526. The number of hydrazine groups is 2. The third-order valence-corrected chi connectivity index (χ3v) is 4.68. The maximum atomic E-state index is 13.5. The maximum Gasteiger partial charge on any atom is 0.418 e. The smallest absolute Gasteiger partial charge is 0.418 e. The molecular formula is C19H24F4N4O3. The minimum absolute atomic E-state index is 0.0407. The van der Waals surface area contributed by atoms with Gasteiger partial charge in [0.1, 0.15) is 11.4 Å². The minimum atomic E-state index is -4.91. The van der Waals surface area contributed by atoms with Gasteiger partial charge in [-0.05, 0) is 44.0 Å². The van der Waals surface area contributed by atoms with Gasteiger partial charge >= 0.3 is 12.3 Å². The van der Waals surface area contributed by atoms with Crippen molar-refractivity contribution in [2.24, 2.45) is 0 Å². The number of carbonyl (C=O) groups excluding carboxylic acids is 1. The number of nitrogens with zero attached hydrogens (tertiary/aromatic N) is 2. The van der Waals surface area contributed by atoms with E-state index in [2.05, 4.69) is 11.0 Å². The van der Waals surface area contributed by atoms with Crippen LogP contribution in [0.2, 0.25) is 0 Å². The second-order valence-electron chi connectivity index (χ2n) is 8.19. The Hall–Kier alpha value is -2.53. The third kappa shape index (κ3) is 4.96. The number of hydrogen-bond acceptors (Lipinski definition) is 6. The predicted molar refractivity (Wildman–Crippen MR) is 98.7 cm³/mol. The van der Waals surface area contributed by atoms with E-state index in [1.807, 2.05) is 0 Å². The standard InChI is InChI=1S/C19H24F4N4O3/c1-18(2,3)30-17(29)26-7-6-15-14(10-26)24-25-27(15)9-11-4-5-12(20)8-13(11)16(28)19(21,22)23/h4-5,8,16,24-25,28H,6-7,9-10H2,1-3H3. The molecule has 166 valence electrons. The Kier molecular flexibility index (Phi) is 5.87. The van der Waals surface area contributed by atoms with Gasteiger partial charge in [0.25, 0.3) is 0 Å². The largest absolute Gasteiger partial charge is 0.444 e. The molecule has 1 aromatic rings. The summed E-state index contributed by atoms with van der Waals surface area (Å²) in [6, 6.07) is 2.96. The van der Waals surface area contributed by atoms with Gasteiger partial charge in [-0.1, -0.05) is 6.07 Å². The van der Waals surface area contributed by atoms with Crippen LogP contribution < -0.4 is 11.0 Å². The number of benzene rings is 1. The lowest BCUT2D eigenvalue weighted by molar-refractivity contribution is -0.207. The Morgan fingerprint density at radius 2 is 2.00 bits per heavy atom. The number of aliphatic hydroxyl groups is 1. The number of hydrogen-bond donors (Lipinski definition) is 3. The summed E-state index contributed by atoms with van der Waals surface area (Å²) in [5.74, 6) is -0.866. The molecule has 11 heteroatoms. The highest BCUT2D eigenvalue weighted by Gasteiger charge is 2.41. The van der Waals surface area contributed by atoms with Gasteiger partial charge in [0.15, 0.2) is 6.10 Å². The van der Waals surface area contributed by atoms with E-state index in [4.69, 9.17) is 4.74 Å². The quantitative estimate of drug-likeness (QED) is 0.638. The van der Waals surface area contributed by atoms with E-state index in [0.29, 0.717) is 24.7 Å². The summed E-state index contributed by atoms with van der Waals surface area (Å²) < 4.78 is 57.9. The molecule has 0 saturated carbocycles. The fourth-order valence-electron chi connectivity index (χ4n) is 3.29. The van der Waals surface area contributed by atoms with Crippen LogP contribution in [0.25, 0.3) is 0 Å². The minimum Gasteiger partial charge on any atom is -0.444 e. The number of aliphatic hydroxyl groups excluding tert-OH is 1. The monoisotopic (exact) mass is 432 g/mol. The van der Waals surface area contributed by atoms with E-state index in [1.165, 1.54) is 11.0 Å². The predicted octanol–water partition coefficient (Wildman–Crippen LogP) is 3.10. The Balaban J connectivity index is 1.75. The molecule has 30 heavy (non-hydrogen) atoms. The average molecular weight is 432 g/mol. The van der Waals surface area contributed by atoms with Gasteiger partial charge in [0.2, 0.25) is 0 Å². The summed E-state index contributed by atoms with van der Waals surface area (Å²) in [5, 5.41) is 11.2. The molecule has 2 aliphatic rings. The first kappa shape index (κ1) is 22.2. The molecule has 2 aliphatic heterocycles. The van der Waals surface area contributed by atoms with Crippen LogP contribution in [0, 0.1) is 5.82 Å². The number of rotatable bonds is 3. The van der Waals surface area contributed by atoms with Crippen LogP contribution >= 0.6 is 0 Å². The normalized spacial score (nSPS) is 18.3. The van der Waals surface area contributed by atoms with Gasteiger partial charge in [0.05, 0.1) is 24.5 Å². The first-order valence-electron chi connectivity index (χ1n) is 9.37. The van der Waals surface area contributed by atoms with Crippen LogP contribution in [0.15, 0.2) is 29.6 Å². The second-order valence-corrected chi connectivity index (χ2v) is 8.19. The van der Waals surface area contributed by atoms with Crippen LogP contribution in [0.4, 0.5) is 22.4 Å². The number of nitrogens with one attached hydrogen (secondary N) is 2. The molecule has 1 aromatic carbocycles. The van der Waals surface area contributed by atoms with Crippen molar-refractivity contribution in [3.63, 3.8) is 0 Å². The molecule has 0 aliphatic carbocycles. The lowest BCUT2D eigenvalue weighted by atomic mass is 10.0. The van der Waals surface area contributed by atoms with E-state index in [0.717, 1.165) is 11.8 Å². The number of carbonyl (C=O) groups is 1. The Morgan fingerprint density at radius 3 is 2.63 bits per heavy atom. The van der Waals surface area contributed by atoms with Crippen LogP contribution in [0.5, 0.6) is 0 Å². The summed E-state index contributed by atoms with van der Waals surface area (Å²) in [7, 11) is 0. The molecular weight excluding hydrogens is 408 g/mol. The van der Waals surface area contributed by atoms with Crippen molar-refractivity contribution in [1.29, 1.82) is 0 Å². The van der Waals surface area contributed by atoms with Crippen molar-refractivity contribution >= 4 is 6.09 Å². The third-order valence-electron chi connectivity index (χ3n) is 4.68. The fourth-order valence-corrected chi connectivity index (χ4v) is 3.29. The number of halogens is 4. The zero-order valence-corrected chi connectivity index (χ0v) is 16.8. The van der Waals surface area contributed by atoms with Crippen LogP contribution in [-0.4, -0.2) is 46.0 Å². The summed E-state index contributed by atoms with van der Waals surface area (Å²) in [5.41, 5.74) is 6.18. The summed E-state index contributed by atoms with van der Waals surface area (Å²) >= 11 is 0. The number of alkyl halides is 3. The van der Waals surface area contributed by atoms with E-state index in [9.17, 15) is 27.5 Å². The van der Waals surface area contributed by atoms with Crippen molar-refractivity contribution in [2.45, 2.75) is 51.6 Å². The summed E-state index contributed by atoms with van der Waals surface area (Å²) in [6.07, 6.45) is -7.72. The molecule has 0 bridgehead atoms. The number of amides is 1. The van der Waals surface area contributed by atoms with E-state index >= 15 is 0 Å². The summed E-state index contributed by atoms with van der Waals surface area (Å²) in [6.45, 7) is 5.89. The SMILES string of the molecule is CC(C)(C)OC(=O)N1CCC2=C(C1)NNN2Cc1ccc(F)cc1C(O)C(F)(F)F. The molecule has 3 rings (SSSR count). The van der Waals surface area contributed by atoms with Crippen LogP contribution in [-0.2, 0) is 11.3 Å². The van der Waals surface area contributed by atoms with E-state index in [1.54, 1.807) is 25.8 Å². The van der Waals surface area contributed by atoms with Crippen molar-refractivity contribution < 1.29 is 32.2 Å². The molecule has 1 atom stereocenters. The van der Waals surface area contributed by atoms with E-state index < -0.39 is 35.4 Å². The maximum absolute atomic E-state index is 13.5. The topological polar surface area (TPSA) is 77.1 Å². The van der Waals surface area contributed by atoms with Crippen molar-refractivity contribution in [3.8, 4) is 0 Å². The number of ether oxygens (including phenoxy) is 1. The Morgan fingerprint density at radius 1 is 1.30 bits per heavy atom. The first-order chi connectivity index (χ1) is 13.8. The zero-order valence-electron chi connectivity index (χ0n) is 16.8. The lowest BCUT2D eigenvalue weighted by Crippen LogP contribution is -2.42.